The highest BCUT2D eigenvalue weighted by Gasteiger charge is 2.39. The molecule has 4 aromatic rings. The number of thiazole rings is 1. The number of aromatic nitrogens is 3. The molecule has 1 saturated heterocycles. The highest BCUT2D eigenvalue weighted by Crippen LogP contribution is 2.49. The van der Waals surface area contributed by atoms with Crippen molar-refractivity contribution in [3.63, 3.8) is 0 Å². The third-order valence-electron chi connectivity index (χ3n) is 6.01. The lowest BCUT2D eigenvalue weighted by Gasteiger charge is -2.44. The molecule has 1 fully saturated rings. The number of nitrogens with zero attached hydrogens (tertiary/aromatic N) is 2. The molecule has 0 bridgehead atoms. The van der Waals surface area contributed by atoms with Crippen LogP contribution in [0.15, 0.2) is 36.5 Å². The van der Waals surface area contributed by atoms with Gasteiger partial charge in [0, 0.05) is 28.6 Å². The van der Waals surface area contributed by atoms with Crippen LogP contribution in [0.2, 0.25) is 0 Å². The second-order valence-electron chi connectivity index (χ2n) is 7.50. The highest BCUT2D eigenvalue weighted by atomic mass is 32.1. The van der Waals surface area contributed by atoms with Crippen LogP contribution < -0.4 is 16.4 Å². The molecule has 0 radical (unpaired) electrons. The van der Waals surface area contributed by atoms with E-state index in [4.69, 9.17) is 5.73 Å². The molecule has 3 atom stereocenters. The van der Waals surface area contributed by atoms with Crippen molar-refractivity contribution < 1.29 is 0 Å². The van der Waals surface area contributed by atoms with E-state index in [1.165, 1.54) is 35.0 Å². The fourth-order valence-electron chi connectivity index (χ4n) is 4.85. The summed E-state index contributed by atoms with van der Waals surface area (Å²) in [6.45, 7) is 1.06. The molecule has 2 aromatic heterocycles. The molecule has 0 unspecified atom stereocenters. The van der Waals surface area contributed by atoms with Gasteiger partial charge >= 0.3 is 0 Å². The Morgan fingerprint density at radius 1 is 1.15 bits per heavy atom. The van der Waals surface area contributed by atoms with Gasteiger partial charge in [-0.05, 0) is 49.2 Å². The largest absolute Gasteiger partial charge is 0.378 e. The third kappa shape index (κ3) is 2.28. The first-order chi connectivity index (χ1) is 13.3. The van der Waals surface area contributed by atoms with E-state index in [-0.39, 0.29) is 6.04 Å². The van der Waals surface area contributed by atoms with Crippen molar-refractivity contribution in [2.45, 2.75) is 24.9 Å². The fourth-order valence-corrected chi connectivity index (χ4v) is 5.63. The molecule has 0 spiro atoms. The maximum atomic E-state index is 5.90. The molecule has 6 rings (SSSR count). The number of benzene rings is 2. The van der Waals surface area contributed by atoms with E-state index < -0.39 is 0 Å². The van der Waals surface area contributed by atoms with Gasteiger partial charge in [-0.15, -0.1) is 0 Å². The molecule has 0 aliphatic carbocycles. The number of aromatic amines is 1. The van der Waals surface area contributed by atoms with Crippen LogP contribution in [0.1, 0.15) is 36.1 Å². The van der Waals surface area contributed by atoms with Crippen molar-refractivity contribution in [2.24, 2.45) is 5.92 Å². The maximum absolute atomic E-state index is 5.90. The first kappa shape index (κ1) is 15.4. The molecule has 2 aliphatic rings. The second-order valence-corrected chi connectivity index (χ2v) is 8.56. The Labute approximate surface area is 160 Å². The number of anilines is 2. The van der Waals surface area contributed by atoms with Crippen LogP contribution in [0.3, 0.4) is 0 Å². The Hall–Kier alpha value is -2.64. The van der Waals surface area contributed by atoms with Gasteiger partial charge in [0.25, 0.3) is 0 Å². The van der Waals surface area contributed by atoms with Crippen LogP contribution in [0.5, 0.6) is 0 Å². The van der Waals surface area contributed by atoms with E-state index in [0.29, 0.717) is 17.1 Å². The zero-order chi connectivity index (χ0) is 18.0. The minimum absolute atomic E-state index is 0.271. The summed E-state index contributed by atoms with van der Waals surface area (Å²) in [5.74, 6) is 0.495. The van der Waals surface area contributed by atoms with Crippen LogP contribution in [0.4, 0.5) is 10.8 Å². The van der Waals surface area contributed by atoms with E-state index in [2.05, 4.69) is 56.1 Å². The van der Waals surface area contributed by atoms with Crippen LogP contribution in [0, 0.1) is 5.92 Å². The van der Waals surface area contributed by atoms with E-state index in [0.717, 1.165) is 22.3 Å². The summed E-state index contributed by atoms with van der Waals surface area (Å²) in [7, 11) is 0. The van der Waals surface area contributed by atoms with E-state index in [1.54, 1.807) is 11.3 Å². The van der Waals surface area contributed by atoms with Gasteiger partial charge in [0.1, 0.15) is 0 Å². The van der Waals surface area contributed by atoms with Crippen molar-refractivity contribution in [2.75, 3.05) is 17.6 Å². The predicted octanol–water partition coefficient (Wildman–Crippen LogP) is 3.96. The van der Waals surface area contributed by atoms with Crippen LogP contribution >= 0.6 is 11.3 Å². The number of fused-ring (bicyclic) bond motifs is 6. The second kappa shape index (κ2) is 5.68. The molecule has 2 aromatic carbocycles. The van der Waals surface area contributed by atoms with Crippen molar-refractivity contribution in [1.29, 1.82) is 0 Å². The molecular formula is C20H20N6S. The fraction of sp³-hybridized carbons (Fsp3) is 0.300. The summed E-state index contributed by atoms with van der Waals surface area (Å²) in [5.41, 5.74) is 11.8. The monoisotopic (exact) mass is 376 g/mol. The summed E-state index contributed by atoms with van der Waals surface area (Å²) in [6, 6.07) is 11.5. The number of rotatable bonds is 1. The summed E-state index contributed by atoms with van der Waals surface area (Å²) in [5, 5.41) is 16.8. The predicted molar refractivity (Wildman–Crippen MR) is 110 cm³/mol. The van der Waals surface area contributed by atoms with Crippen molar-refractivity contribution in [3.05, 3.63) is 47.7 Å². The number of hydrogen-bond acceptors (Lipinski definition) is 6. The lowest BCUT2D eigenvalue weighted by atomic mass is 9.74. The molecule has 6 nitrogen and oxygen atoms in total. The van der Waals surface area contributed by atoms with E-state index in [9.17, 15) is 0 Å². The number of nitrogens with one attached hydrogen (secondary N) is 3. The van der Waals surface area contributed by atoms with Gasteiger partial charge in [-0.2, -0.15) is 5.10 Å². The molecule has 136 valence electrons. The third-order valence-corrected chi connectivity index (χ3v) is 6.86. The Bertz CT molecular complexity index is 1160. The minimum atomic E-state index is 0.271. The molecular weight excluding hydrogens is 356 g/mol. The Balaban J connectivity index is 1.51. The standard InChI is InChI=1S/C20H20N6S/c21-20-25-14-4-3-10(8-16(14)27-20)18-11-2-1-7-22-19(11)17-12-9-23-26-13(12)5-6-15(17)24-18/h3-6,8-9,11,18-19,22,24H,1-2,7H2,(H2,21,25)(H,23,26)/t11-,18+,19-/m0/s1. The summed E-state index contributed by atoms with van der Waals surface area (Å²) < 4.78 is 1.16. The SMILES string of the molecule is Nc1nc2ccc([C@H]3Nc4ccc5[nH]ncc5c4[C@H]4NCCC[C@@H]34)cc2s1. The van der Waals surface area contributed by atoms with E-state index >= 15 is 0 Å². The molecule has 0 saturated carbocycles. The van der Waals surface area contributed by atoms with Crippen LogP contribution in [0.25, 0.3) is 21.1 Å². The van der Waals surface area contributed by atoms with Gasteiger partial charge in [0.05, 0.1) is 28.0 Å². The minimum Gasteiger partial charge on any atom is -0.378 e. The normalized spacial score (nSPS) is 24.5. The number of hydrogen-bond donors (Lipinski definition) is 4. The van der Waals surface area contributed by atoms with Gasteiger partial charge < -0.3 is 16.4 Å². The lowest BCUT2D eigenvalue weighted by molar-refractivity contribution is 0.247. The number of H-pyrrole nitrogens is 1. The first-order valence-electron chi connectivity index (χ1n) is 9.40. The van der Waals surface area contributed by atoms with Crippen molar-refractivity contribution in [3.8, 4) is 0 Å². The first-order valence-corrected chi connectivity index (χ1v) is 10.2. The quantitative estimate of drug-likeness (QED) is 0.404. The number of piperidine rings is 1. The van der Waals surface area contributed by atoms with Crippen LogP contribution in [-0.2, 0) is 0 Å². The molecule has 27 heavy (non-hydrogen) atoms. The van der Waals surface area contributed by atoms with Crippen molar-refractivity contribution >= 4 is 43.3 Å². The van der Waals surface area contributed by atoms with Gasteiger partial charge in [-0.1, -0.05) is 17.4 Å². The van der Waals surface area contributed by atoms with Crippen LogP contribution in [-0.4, -0.2) is 21.7 Å². The average molecular weight is 376 g/mol. The smallest absolute Gasteiger partial charge is 0.181 e. The van der Waals surface area contributed by atoms with Gasteiger partial charge in [-0.25, -0.2) is 4.98 Å². The Morgan fingerprint density at radius 2 is 2.11 bits per heavy atom. The maximum Gasteiger partial charge on any atom is 0.181 e. The zero-order valence-electron chi connectivity index (χ0n) is 14.7. The van der Waals surface area contributed by atoms with Crippen molar-refractivity contribution in [1.82, 2.24) is 20.5 Å². The Kier molecular flexibility index (Phi) is 3.24. The van der Waals surface area contributed by atoms with E-state index in [1.807, 2.05) is 6.20 Å². The van der Waals surface area contributed by atoms with Gasteiger partial charge in [0.2, 0.25) is 0 Å². The molecule has 5 N–H and O–H groups in total. The summed E-state index contributed by atoms with van der Waals surface area (Å²) in [4.78, 5) is 4.40. The highest BCUT2D eigenvalue weighted by molar-refractivity contribution is 7.22. The average Bonchev–Trinajstić information content (AvgIpc) is 3.31. The van der Waals surface area contributed by atoms with Gasteiger partial charge in [0.15, 0.2) is 5.13 Å². The number of nitrogen functional groups attached to an aromatic ring is 1. The number of nitrogens with two attached hydrogens (primary N) is 1. The molecule has 0 amide bonds. The van der Waals surface area contributed by atoms with Gasteiger partial charge in [-0.3, -0.25) is 5.10 Å². The lowest BCUT2D eigenvalue weighted by Crippen LogP contribution is -2.42. The summed E-state index contributed by atoms with van der Waals surface area (Å²) in [6.07, 6.45) is 4.35. The summed E-state index contributed by atoms with van der Waals surface area (Å²) >= 11 is 1.56. The molecule has 2 aliphatic heterocycles. The Morgan fingerprint density at radius 3 is 3.07 bits per heavy atom. The zero-order valence-corrected chi connectivity index (χ0v) is 15.5. The molecule has 7 heteroatoms. The topological polar surface area (TPSA) is 91.6 Å². The molecule has 4 heterocycles.